The molecule has 3 atom stereocenters. The molecule has 0 unspecified atom stereocenters. The summed E-state index contributed by atoms with van der Waals surface area (Å²) in [5.41, 5.74) is 7.55. The Morgan fingerprint density at radius 1 is 1.25 bits per heavy atom. The molecule has 0 radical (unpaired) electrons. The highest BCUT2D eigenvalue weighted by Gasteiger charge is 2.27. The third kappa shape index (κ3) is 5.64. The maximum Gasteiger partial charge on any atom is 0.262 e. The van der Waals surface area contributed by atoms with Crippen LogP contribution in [0.4, 0.5) is 0 Å². The van der Waals surface area contributed by atoms with Crippen LogP contribution in [0, 0.1) is 18.8 Å². The lowest BCUT2D eigenvalue weighted by Gasteiger charge is -2.35. The Morgan fingerprint density at radius 2 is 2.04 bits per heavy atom. The highest BCUT2D eigenvalue weighted by atomic mass is 32.1. The van der Waals surface area contributed by atoms with E-state index in [0.29, 0.717) is 23.0 Å². The van der Waals surface area contributed by atoms with E-state index in [1.807, 2.05) is 31.2 Å². The Balaban J connectivity index is 1.76. The van der Waals surface area contributed by atoms with Gasteiger partial charge in [-0.15, -0.1) is 0 Å². The molecule has 1 aliphatic rings. The molecule has 2 rings (SSSR count). The minimum Gasteiger partial charge on any atom is -0.358 e. The van der Waals surface area contributed by atoms with Crippen molar-refractivity contribution in [3.63, 3.8) is 0 Å². The molecule has 1 aromatic carbocycles. The molecule has 1 fully saturated rings. The van der Waals surface area contributed by atoms with Crippen molar-refractivity contribution >= 4 is 29.3 Å². The van der Waals surface area contributed by atoms with E-state index in [1.165, 1.54) is 18.9 Å². The maximum absolute atomic E-state index is 11.9. The summed E-state index contributed by atoms with van der Waals surface area (Å²) >= 11 is 5.28. The topological polar surface area (TPSA) is 53.2 Å². The highest BCUT2D eigenvalue weighted by molar-refractivity contribution is 7.80. The Hall–Kier alpha value is -1.88. The fraction of sp³-hybridized carbons (Fsp3) is 0.474. The van der Waals surface area contributed by atoms with Crippen LogP contribution in [-0.4, -0.2) is 17.1 Å². The van der Waals surface area contributed by atoms with Crippen molar-refractivity contribution in [2.24, 2.45) is 11.8 Å². The number of aryl methyl sites for hydroxylation is 1. The lowest BCUT2D eigenvalue weighted by molar-refractivity contribution is -0.116. The number of carbonyl (C=O) groups excluding carboxylic acids is 1. The van der Waals surface area contributed by atoms with Crippen molar-refractivity contribution in [2.75, 3.05) is 0 Å². The lowest BCUT2D eigenvalue weighted by atomic mass is 9.78. The number of hydrogen-bond acceptors (Lipinski definition) is 2. The Labute approximate surface area is 150 Å². The molecule has 3 N–H and O–H groups in total. The molecule has 130 valence electrons. The van der Waals surface area contributed by atoms with Crippen molar-refractivity contribution in [1.29, 1.82) is 0 Å². The summed E-state index contributed by atoms with van der Waals surface area (Å²) in [7, 11) is 0. The maximum atomic E-state index is 11.9. The molecule has 0 aromatic heterocycles. The fourth-order valence-electron chi connectivity index (χ4n) is 3.10. The van der Waals surface area contributed by atoms with Crippen molar-refractivity contribution in [3.05, 3.63) is 41.5 Å². The first-order valence-corrected chi connectivity index (χ1v) is 8.98. The molecule has 1 amide bonds. The van der Waals surface area contributed by atoms with E-state index in [-0.39, 0.29) is 5.91 Å². The zero-order chi connectivity index (χ0) is 17.5. The Bertz CT molecular complexity index is 614. The summed E-state index contributed by atoms with van der Waals surface area (Å²) in [4.78, 5) is 11.9. The van der Waals surface area contributed by atoms with Gasteiger partial charge in [0.05, 0.1) is 0 Å². The minimum atomic E-state index is -0.231. The summed E-state index contributed by atoms with van der Waals surface area (Å²) in [6.45, 7) is 6.57. The second-order valence-corrected chi connectivity index (χ2v) is 7.12. The van der Waals surface area contributed by atoms with Gasteiger partial charge in [-0.05, 0) is 49.0 Å². The van der Waals surface area contributed by atoms with Gasteiger partial charge in [-0.2, -0.15) is 0 Å². The van der Waals surface area contributed by atoms with Gasteiger partial charge in [0.25, 0.3) is 5.91 Å². The number of amides is 1. The third-order valence-electron chi connectivity index (χ3n) is 4.79. The number of benzene rings is 1. The fourth-order valence-corrected chi connectivity index (χ4v) is 3.30. The first-order valence-electron chi connectivity index (χ1n) is 8.57. The zero-order valence-electron chi connectivity index (χ0n) is 14.6. The lowest BCUT2D eigenvalue weighted by Crippen LogP contribution is -2.52. The molecule has 0 heterocycles. The summed E-state index contributed by atoms with van der Waals surface area (Å²) < 4.78 is 0. The first-order chi connectivity index (χ1) is 11.5. The van der Waals surface area contributed by atoms with Crippen LogP contribution >= 0.6 is 12.2 Å². The summed E-state index contributed by atoms with van der Waals surface area (Å²) in [5.74, 6) is 1.05. The molecule has 1 saturated carbocycles. The van der Waals surface area contributed by atoms with Gasteiger partial charge in [-0.3, -0.25) is 15.6 Å². The number of nitrogens with one attached hydrogen (secondary N) is 3. The third-order valence-corrected chi connectivity index (χ3v) is 5.01. The van der Waals surface area contributed by atoms with Crippen LogP contribution in [-0.2, 0) is 4.79 Å². The van der Waals surface area contributed by atoms with Crippen molar-refractivity contribution in [3.8, 4) is 0 Å². The zero-order valence-corrected chi connectivity index (χ0v) is 15.5. The number of hydrazine groups is 1. The molecule has 4 nitrogen and oxygen atoms in total. The molecule has 5 heteroatoms. The van der Waals surface area contributed by atoms with Gasteiger partial charge in [0.2, 0.25) is 0 Å². The Kier molecular flexibility index (Phi) is 6.79. The average Bonchev–Trinajstić information content (AvgIpc) is 2.55. The molecule has 0 saturated heterocycles. The molecule has 1 aromatic rings. The summed E-state index contributed by atoms with van der Waals surface area (Å²) in [5, 5.41) is 3.79. The quantitative estimate of drug-likeness (QED) is 0.447. The van der Waals surface area contributed by atoms with Crippen LogP contribution in [0.2, 0.25) is 0 Å². The van der Waals surface area contributed by atoms with E-state index < -0.39 is 0 Å². The van der Waals surface area contributed by atoms with Gasteiger partial charge in [0.1, 0.15) is 0 Å². The second-order valence-electron chi connectivity index (χ2n) is 6.71. The number of hydrogen-bond donors (Lipinski definition) is 3. The largest absolute Gasteiger partial charge is 0.358 e. The van der Waals surface area contributed by atoms with Gasteiger partial charge < -0.3 is 5.32 Å². The van der Waals surface area contributed by atoms with E-state index in [0.717, 1.165) is 17.5 Å². The van der Waals surface area contributed by atoms with E-state index >= 15 is 0 Å². The van der Waals surface area contributed by atoms with E-state index in [9.17, 15) is 4.79 Å². The molecule has 0 aliphatic heterocycles. The standard InChI is InChI=1S/C19H27N3OS/c1-13-6-4-8-16(12-13)10-11-18(23)21-22-19(24)20-17-9-5-7-14(2)15(17)3/h4,6,8,10-12,14-15,17H,5,7,9H2,1-3H3,(H,21,23)(H2,20,22,24)/b11-10+/t14-,15-,17+/m0/s1. The molecular formula is C19H27N3OS. The number of rotatable bonds is 3. The molecule has 0 bridgehead atoms. The van der Waals surface area contributed by atoms with Crippen LogP contribution in [0.25, 0.3) is 6.08 Å². The SMILES string of the molecule is Cc1cccc(/C=C/C(=O)NNC(=S)N[C@@H]2CCC[C@H](C)[C@@H]2C)c1. The van der Waals surface area contributed by atoms with Gasteiger partial charge in [-0.1, -0.05) is 56.5 Å². The highest BCUT2D eigenvalue weighted by Crippen LogP contribution is 2.29. The molecule has 0 spiro atoms. The smallest absolute Gasteiger partial charge is 0.262 e. The van der Waals surface area contributed by atoms with Gasteiger partial charge in [0, 0.05) is 12.1 Å². The van der Waals surface area contributed by atoms with Crippen molar-refractivity contribution in [1.82, 2.24) is 16.2 Å². The van der Waals surface area contributed by atoms with Crippen LogP contribution in [0.5, 0.6) is 0 Å². The molecular weight excluding hydrogens is 318 g/mol. The van der Waals surface area contributed by atoms with Gasteiger partial charge in [0.15, 0.2) is 5.11 Å². The van der Waals surface area contributed by atoms with Crippen molar-refractivity contribution in [2.45, 2.75) is 46.1 Å². The van der Waals surface area contributed by atoms with Gasteiger partial charge >= 0.3 is 0 Å². The van der Waals surface area contributed by atoms with Crippen LogP contribution in [0.1, 0.15) is 44.2 Å². The van der Waals surface area contributed by atoms with E-state index in [2.05, 4.69) is 30.0 Å². The van der Waals surface area contributed by atoms with Crippen molar-refractivity contribution < 1.29 is 4.79 Å². The van der Waals surface area contributed by atoms with Crippen LogP contribution < -0.4 is 16.2 Å². The predicted molar refractivity (Wildman–Crippen MR) is 103 cm³/mol. The first kappa shape index (κ1) is 18.5. The van der Waals surface area contributed by atoms with E-state index in [4.69, 9.17) is 12.2 Å². The summed E-state index contributed by atoms with van der Waals surface area (Å²) in [6, 6.07) is 8.34. The molecule has 1 aliphatic carbocycles. The average molecular weight is 346 g/mol. The van der Waals surface area contributed by atoms with Gasteiger partial charge in [-0.25, -0.2) is 0 Å². The minimum absolute atomic E-state index is 0.231. The number of carbonyl (C=O) groups is 1. The predicted octanol–water partition coefficient (Wildman–Crippen LogP) is 3.33. The van der Waals surface area contributed by atoms with Crippen LogP contribution in [0.15, 0.2) is 30.3 Å². The van der Waals surface area contributed by atoms with Crippen LogP contribution in [0.3, 0.4) is 0 Å². The molecule has 24 heavy (non-hydrogen) atoms. The Morgan fingerprint density at radius 3 is 2.79 bits per heavy atom. The number of thiocarbonyl (C=S) groups is 1. The summed E-state index contributed by atoms with van der Waals surface area (Å²) in [6.07, 6.45) is 6.90. The second kappa shape index (κ2) is 8.83. The monoisotopic (exact) mass is 345 g/mol. The van der Waals surface area contributed by atoms with E-state index in [1.54, 1.807) is 6.08 Å². The normalized spacial score (nSPS) is 23.7.